The molecule has 170 valence electrons. The summed E-state index contributed by atoms with van der Waals surface area (Å²) in [5, 5.41) is 10.8. The molecule has 2 aromatic carbocycles. The number of nitro groups is 1. The molecule has 10 heteroatoms. The third-order valence-corrected chi connectivity index (χ3v) is 5.35. The molecule has 0 aromatic heterocycles. The zero-order valence-corrected chi connectivity index (χ0v) is 18.0. The van der Waals surface area contributed by atoms with Gasteiger partial charge in [0.2, 0.25) is 0 Å². The number of nitrogens with zero attached hydrogens (tertiary/aromatic N) is 3. The molecule has 0 aliphatic carbocycles. The van der Waals surface area contributed by atoms with E-state index in [0.717, 1.165) is 31.9 Å². The van der Waals surface area contributed by atoms with Gasteiger partial charge in [-0.15, -0.1) is 0 Å². The van der Waals surface area contributed by atoms with E-state index in [1.165, 1.54) is 32.4 Å². The van der Waals surface area contributed by atoms with E-state index in [2.05, 4.69) is 9.80 Å². The van der Waals surface area contributed by atoms with Crippen LogP contribution in [0.5, 0.6) is 11.5 Å². The topological polar surface area (TPSA) is 111 Å². The Morgan fingerprint density at radius 3 is 2.31 bits per heavy atom. The Bertz CT molecular complexity index is 970. The van der Waals surface area contributed by atoms with E-state index in [4.69, 9.17) is 14.2 Å². The van der Waals surface area contributed by atoms with Gasteiger partial charge >= 0.3 is 5.97 Å². The van der Waals surface area contributed by atoms with Crippen LogP contribution < -0.4 is 14.4 Å². The minimum Gasteiger partial charge on any atom is -0.493 e. The molecule has 0 radical (unpaired) electrons. The Hall–Kier alpha value is -3.66. The van der Waals surface area contributed by atoms with Gasteiger partial charge in [0, 0.05) is 56.1 Å². The van der Waals surface area contributed by atoms with E-state index >= 15 is 0 Å². The van der Waals surface area contributed by atoms with Crippen molar-refractivity contribution in [3.8, 4) is 11.5 Å². The molecule has 0 saturated carbocycles. The first kappa shape index (κ1) is 23.0. The number of hydrogen-bond donors (Lipinski definition) is 0. The maximum Gasteiger partial charge on any atom is 0.342 e. The van der Waals surface area contributed by atoms with Gasteiger partial charge in [-0.1, -0.05) is 0 Å². The van der Waals surface area contributed by atoms with Crippen molar-refractivity contribution in [2.45, 2.75) is 0 Å². The molecule has 1 aliphatic rings. The molecule has 0 unspecified atom stereocenters. The largest absolute Gasteiger partial charge is 0.493 e. The van der Waals surface area contributed by atoms with Crippen molar-refractivity contribution in [2.75, 3.05) is 58.5 Å². The fraction of sp³-hybridized carbons (Fsp3) is 0.364. The molecule has 1 fully saturated rings. The van der Waals surface area contributed by atoms with Crippen molar-refractivity contribution in [2.24, 2.45) is 0 Å². The van der Waals surface area contributed by atoms with Gasteiger partial charge in [-0.05, 0) is 24.3 Å². The summed E-state index contributed by atoms with van der Waals surface area (Å²) in [6.07, 6.45) is 0.579. The lowest BCUT2D eigenvalue weighted by Crippen LogP contribution is -2.47. The average molecular weight is 443 g/mol. The SMILES string of the molecule is COc1ccc(C=O)c(C(=O)OCCN2CCN(c3ccc([N+](=O)[O-])cc3)CC2)c1OC. The highest BCUT2D eigenvalue weighted by atomic mass is 16.6. The third kappa shape index (κ3) is 5.14. The van der Waals surface area contributed by atoms with E-state index < -0.39 is 10.9 Å². The van der Waals surface area contributed by atoms with Crippen LogP contribution in [-0.4, -0.2) is 75.6 Å². The number of ether oxygens (including phenoxy) is 3. The molecule has 3 rings (SSSR count). The highest BCUT2D eigenvalue weighted by molar-refractivity contribution is 6.01. The van der Waals surface area contributed by atoms with Crippen molar-refractivity contribution in [1.82, 2.24) is 4.90 Å². The number of piperazine rings is 1. The summed E-state index contributed by atoms with van der Waals surface area (Å²) in [7, 11) is 2.84. The number of carbonyl (C=O) groups is 2. The van der Waals surface area contributed by atoms with Gasteiger partial charge in [0.05, 0.1) is 19.1 Å². The molecule has 0 amide bonds. The maximum atomic E-state index is 12.6. The van der Waals surface area contributed by atoms with Crippen molar-refractivity contribution < 1.29 is 28.7 Å². The van der Waals surface area contributed by atoms with Gasteiger partial charge in [-0.25, -0.2) is 4.79 Å². The Morgan fingerprint density at radius 2 is 1.75 bits per heavy atom. The number of rotatable bonds is 9. The van der Waals surface area contributed by atoms with Crippen LogP contribution in [-0.2, 0) is 4.74 Å². The lowest BCUT2D eigenvalue weighted by molar-refractivity contribution is -0.384. The van der Waals surface area contributed by atoms with Gasteiger partial charge < -0.3 is 19.1 Å². The number of hydrogen-bond acceptors (Lipinski definition) is 9. The monoisotopic (exact) mass is 443 g/mol. The molecular formula is C22H25N3O7. The van der Waals surface area contributed by atoms with Gasteiger partial charge in [0.25, 0.3) is 5.69 Å². The third-order valence-electron chi connectivity index (χ3n) is 5.35. The number of esters is 1. The van der Waals surface area contributed by atoms with E-state index in [1.54, 1.807) is 18.2 Å². The Morgan fingerprint density at radius 1 is 1.06 bits per heavy atom. The molecule has 2 aromatic rings. The summed E-state index contributed by atoms with van der Waals surface area (Å²) in [5.41, 5.74) is 1.22. The summed E-state index contributed by atoms with van der Waals surface area (Å²) in [6, 6.07) is 9.55. The van der Waals surface area contributed by atoms with Crippen LogP contribution >= 0.6 is 0 Å². The molecule has 0 spiro atoms. The van der Waals surface area contributed by atoms with E-state index in [9.17, 15) is 19.7 Å². The molecular weight excluding hydrogens is 418 g/mol. The van der Waals surface area contributed by atoms with Crippen molar-refractivity contribution in [3.63, 3.8) is 0 Å². The highest BCUT2D eigenvalue weighted by Gasteiger charge is 2.23. The maximum absolute atomic E-state index is 12.6. The molecule has 10 nitrogen and oxygen atoms in total. The second-order valence-corrected chi connectivity index (χ2v) is 7.12. The fourth-order valence-corrected chi connectivity index (χ4v) is 3.61. The van der Waals surface area contributed by atoms with Crippen molar-refractivity contribution in [1.29, 1.82) is 0 Å². The number of carbonyl (C=O) groups excluding carboxylic acids is 2. The zero-order chi connectivity index (χ0) is 23.1. The van der Waals surface area contributed by atoms with Gasteiger partial charge in [-0.3, -0.25) is 19.8 Å². The highest BCUT2D eigenvalue weighted by Crippen LogP contribution is 2.33. The minimum absolute atomic E-state index is 0.0461. The summed E-state index contributed by atoms with van der Waals surface area (Å²) >= 11 is 0. The first-order valence-corrected chi connectivity index (χ1v) is 10.1. The van der Waals surface area contributed by atoms with Crippen LogP contribution in [0.3, 0.4) is 0 Å². The number of benzene rings is 2. The summed E-state index contributed by atoms with van der Waals surface area (Å²) in [5.74, 6) is -0.140. The van der Waals surface area contributed by atoms with E-state index in [0.29, 0.717) is 18.6 Å². The van der Waals surface area contributed by atoms with Gasteiger partial charge in [0.1, 0.15) is 12.2 Å². The molecule has 1 heterocycles. The number of anilines is 1. The first-order valence-electron chi connectivity index (χ1n) is 10.1. The van der Waals surface area contributed by atoms with Crippen LogP contribution in [0, 0.1) is 10.1 Å². The minimum atomic E-state index is -0.646. The molecule has 0 bridgehead atoms. The predicted octanol–water partition coefficient (Wildman–Crippen LogP) is 2.40. The van der Waals surface area contributed by atoms with Gasteiger partial charge in [0.15, 0.2) is 17.8 Å². The summed E-state index contributed by atoms with van der Waals surface area (Å²) in [4.78, 5) is 38.7. The van der Waals surface area contributed by atoms with Crippen molar-refractivity contribution in [3.05, 3.63) is 57.6 Å². The second-order valence-electron chi connectivity index (χ2n) is 7.12. The average Bonchev–Trinajstić information content (AvgIpc) is 2.83. The number of methoxy groups -OCH3 is 2. The molecule has 0 atom stereocenters. The number of non-ortho nitro benzene ring substituents is 1. The Labute approximate surface area is 185 Å². The molecule has 0 N–H and O–H groups in total. The quantitative estimate of drug-likeness (QED) is 0.250. The smallest absolute Gasteiger partial charge is 0.342 e. The first-order chi connectivity index (χ1) is 15.5. The van der Waals surface area contributed by atoms with E-state index in [-0.39, 0.29) is 29.2 Å². The van der Waals surface area contributed by atoms with Crippen LogP contribution in [0.1, 0.15) is 20.7 Å². The van der Waals surface area contributed by atoms with Crippen molar-refractivity contribution >= 4 is 23.6 Å². The lowest BCUT2D eigenvalue weighted by atomic mass is 10.1. The number of aldehydes is 1. The molecule has 1 aliphatic heterocycles. The zero-order valence-electron chi connectivity index (χ0n) is 18.0. The Kier molecular flexibility index (Phi) is 7.61. The fourth-order valence-electron chi connectivity index (χ4n) is 3.61. The van der Waals surface area contributed by atoms with Crippen LogP contribution in [0.2, 0.25) is 0 Å². The predicted molar refractivity (Wildman–Crippen MR) is 117 cm³/mol. The standard InChI is InChI=1S/C22H25N3O7/c1-30-19-8-3-16(15-26)20(21(19)31-2)22(27)32-14-13-23-9-11-24(12-10-23)17-4-6-18(7-5-17)25(28)29/h3-8,15H,9-14H2,1-2H3. The number of nitro benzene ring substituents is 1. The Balaban J connectivity index is 1.52. The van der Waals surface area contributed by atoms with Crippen LogP contribution in [0.25, 0.3) is 0 Å². The van der Waals surface area contributed by atoms with Crippen LogP contribution in [0.15, 0.2) is 36.4 Å². The normalized spacial score (nSPS) is 14.0. The van der Waals surface area contributed by atoms with Crippen LogP contribution in [0.4, 0.5) is 11.4 Å². The van der Waals surface area contributed by atoms with E-state index in [1.807, 2.05) is 0 Å². The second kappa shape index (κ2) is 10.6. The summed E-state index contributed by atoms with van der Waals surface area (Å²) in [6.45, 7) is 3.74. The van der Waals surface area contributed by atoms with Gasteiger partial charge in [-0.2, -0.15) is 0 Å². The molecule has 1 saturated heterocycles. The lowest BCUT2D eigenvalue weighted by Gasteiger charge is -2.35. The molecule has 32 heavy (non-hydrogen) atoms. The summed E-state index contributed by atoms with van der Waals surface area (Å²) < 4.78 is 15.9.